The van der Waals surface area contributed by atoms with Crippen LogP contribution in [0, 0.1) is 6.92 Å². The predicted octanol–water partition coefficient (Wildman–Crippen LogP) is 4.23. The first-order valence-corrected chi connectivity index (χ1v) is 6.82. The lowest BCUT2D eigenvalue weighted by Gasteiger charge is -2.18. The molecule has 1 aromatic heterocycles. The molecule has 2 aromatic rings. The summed E-state index contributed by atoms with van der Waals surface area (Å²) in [7, 11) is 0. The summed E-state index contributed by atoms with van der Waals surface area (Å²) in [6, 6.07) is 9.81. The summed E-state index contributed by atoms with van der Waals surface area (Å²) >= 11 is 5.93. The minimum Gasteiger partial charge on any atom is -0.292 e. The highest BCUT2D eigenvalue weighted by molar-refractivity contribution is 6.30. The average Bonchev–Trinajstić information content (AvgIpc) is 2.40. The molecule has 2 nitrogen and oxygen atoms in total. The molecular formula is C16H14ClNO. The number of hydrogen-bond acceptors (Lipinski definition) is 2. The minimum atomic E-state index is 0.167. The van der Waals surface area contributed by atoms with Gasteiger partial charge in [0.15, 0.2) is 5.78 Å². The van der Waals surface area contributed by atoms with E-state index in [4.69, 9.17) is 11.6 Å². The molecule has 0 fully saturated rings. The van der Waals surface area contributed by atoms with Crippen LogP contribution in [-0.2, 0) is 6.42 Å². The third kappa shape index (κ3) is 2.28. The average molecular weight is 272 g/mol. The Morgan fingerprint density at radius 2 is 1.89 bits per heavy atom. The highest BCUT2D eigenvalue weighted by Gasteiger charge is 2.22. The number of nitrogens with zero attached hydrogens (tertiary/aromatic N) is 1. The van der Waals surface area contributed by atoms with E-state index in [9.17, 15) is 4.79 Å². The molecule has 1 heterocycles. The molecule has 1 aromatic carbocycles. The number of benzene rings is 1. The SMILES string of the molecule is Cc1cc(-c2ccc(Cl)cc2)c2c(n1)C(=O)CCC2. The summed E-state index contributed by atoms with van der Waals surface area (Å²) in [6.45, 7) is 1.93. The van der Waals surface area contributed by atoms with Crippen LogP contribution in [0.4, 0.5) is 0 Å². The first-order chi connectivity index (χ1) is 9.15. The molecule has 0 saturated heterocycles. The quantitative estimate of drug-likeness (QED) is 0.777. The van der Waals surface area contributed by atoms with Crippen molar-refractivity contribution in [2.45, 2.75) is 26.2 Å². The van der Waals surface area contributed by atoms with E-state index in [0.29, 0.717) is 12.1 Å². The van der Waals surface area contributed by atoms with E-state index >= 15 is 0 Å². The lowest BCUT2D eigenvalue weighted by atomic mass is 9.88. The number of Topliss-reactive ketones (excluding diaryl/α,β-unsaturated/α-hetero) is 1. The number of halogens is 1. The number of fused-ring (bicyclic) bond motifs is 1. The largest absolute Gasteiger partial charge is 0.292 e. The van der Waals surface area contributed by atoms with Crippen molar-refractivity contribution in [3.63, 3.8) is 0 Å². The van der Waals surface area contributed by atoms with Gasteiger partial charge in [-0.05, 0) is 54.7 Å². The highest BCUT2D eigenvalue weighted by Crippen LogP contribution is 2.31. The fourth-order valence-electron chi connectivity index (χ4n) is 2.61. The second-order valence-electron chi connectivity index (χ2n) is 4.92. The monoisotopic (exact) mass is 271 g/mol. The molecule has 0 aliphatic heterocycles. The summed E-state index contributed by atoms with van der Waals surface area (Å²) in [5, 5.41) is 0.722. The van der Waals surface area contributed by atoms with E-state index in [1.807, 2.05) is 31.2 Å². The van der Waals surface area contributed by atoms with Crippen molar-refractivity contribution in [2.24, 2.45) is 0 Å². The Morgan fingerprint density at radius 1 is 1.16 bits per heavy atom. The normalized spacial score (nSPS) is 14.3. The van der Waals surface area contributed by atoms with E-state index in [-0.39, 0.29) is 5.78 Å². The molecule has 19 heavy (non-hydrogen) atoms. The van der Waals surface area contributed by atoms with Crippen molar-refractivity contribution >= 4 is 17.4 Å². The molecule has 0 spiro atoms. The maximum atomic E-state index is 12.0. The van der Waals surface area contributed by atoms with Crippen LogP contribution < -0.4 is 0 Å². The molecule has 0 unspecified atom stereocenters. The van der Waals surface area contributed by atoms with Crippen LogP contribution in [0.5, 0.6) is 0 Å². The molecule has 0 bridgehead atoms. The van der Waals surface area contributed by atoms with E-state index in [2.05, 4.69) is 11.1 Å². The molecule has 0 N–H and O–H groups in total. The van der Waals surface area contributed by atoms with Gasteiger partial charge in [0.2, 0.25) is 0 Å². The summed E-state index contributed by atoms with van der Waals surface area (Å²) < 4.78 is 0. The Bertz CT molecular complexity index is 647. The molecule has 0 atom stereocenters. The predicted molar refractivity (Wildman–Crippen MR) is 76.7 cm³/mol. The maximum Gasteiger partial charge on any atom is 0.181 e. The van der Waals surface area contributed by atoms with Crippen LogP contribution in [-0.4, -0.2) is 10.8 Å². The number of ketones is 1. The van der Waals surface area contributed by atoms with Gasteiger partial charge in [-0.1, -0.05) is 23.7 Å². The van der Waals surface area contributed by atoms with Gasteiger partial charge in [-0.2, -0.15) is 0 Å². The van der Waals surface area contributed by atoms with Crippen LogP contribution in [0.25, 0.3) is 11.1 Å². The number of carbonyl (C=O) groups is 1. The molecular weight excluding hydrogens is 258 g/mol. The van der Waals surface area contributed by atoms with Gasteiger partial charge in [0.1, 0.15) is 5.69 Å². The zero-order valence-electron chi connectivity index (χ0n) is 10.7. The molecule has 1 aliphatic carbocycles. The number of rotatable bonds is 1. The number of aromatic nitrogens is 1. The zero-order valence-corrected chi connectivity index (χ0v) is 11.5. The number of carbonyl (C=O) groups excluding carboxylic acids is 1. The Kier molecular flexibility index (Phi) is 3.11. The van der Waals surface area contributed by atoms with Crippen LogP contribution in [0.3, 0.4) is 0 Å². The smallest absolute Gasteiger partial charge is 0.181 e. The summed E-state index contributed by atoms with van der Waals surface area (Å²) in [6.07, 6.45) is 2.45. The summed E-state index contributed by atoms with van der Waals surface area (Å²) in [5.74, 6) is 0.167. The fourth-order valence-corrected chi connectivity index (χ4v) is 2.74. The highest BCUT2D eigenvalue weighted by atomic mass is 35.5. The van der Waals surface area contributed by atoms with Crippen LogP contribution in [0.2, 0.25) is 5.02 Å². The van der Waals surface area contributed by atoms with Crippen LogP contribution >= 0.6 is 11.6 Å². The molecule has 1 aliphatic rings. The third-order valence-electron chi connectivity index (χ3n) is 3.50. The zero-order chi connectivity index (χ0) is 13.4. The van der Waals surface area contributed by atoms with E-state index in [1.54, 1.807) is 0 Å². The Morgan fingerprint density at radius 3 is 2.63 bits per heavy atom. The molecule has 3 rings (SSSR count). The van der Waals surface area contributed by atoms with Crippen LogP contribution in [0.1, 0.15) is 34.6 Å². The van der Waals surface area contributed by atoms with Gasteiger partial charge in [-0.25, -0.2) is 4.98 Å². The van der Waals surface area contributed by atoms with Crippen molar-refractivity contribution in [3.05, 3.63) is 52.3 Å². The Balaban J connectivity index is 2.21. The Labute approximate surface area is 117 Å². The second-order valence-corrected chi connectivity index (χ2v) is 5.36. The van der Waals surface area contributed by atoms with Gasteiger partial charge >= 0.3 is 0 Å². The molecule has 3 heteroatoms. The third-order valence-corrected chi connectivity index (χ3v) is 3.75. The second kappa shape index (κ2) is 4.78. The van der Waals surface area contributed by atoms with Crippen molar-refractivity contribution in [3.8, 4) is 11.1 Å². The summed E-state index contributed by atoms with van der Waals surface area (Å²) in [4.78, 5) is 16.4. The van der Waals surface area contributed by atoms with E-state index in [1.165, 1.54) is 0 Å². The van der Waals surface area contributed by atoms with Crippen molar-refractivity contribution in [2.75, 3.05) is 0 Å². The number of pyridine rings is 1. The van der Waals surface area contributed by atoms with Gasteiger partial charge in [0.25, 0.3) is 0 Å². The van der Waals surface area contributed by atoms with E-state index < -0.39 is 0 Å². The van der Waals surface area contributed by atoms with Crippen molar-refractivity contribution in [1.82, 2.24) is 4.98 Å². The van der Waals surface area contributed by atoms with Gasteiger partial charge in [0.05, 0.1) is 0 Å². The van der Waals surface area contributed by atoms with Crippen molar-refractivity contribution < 1.29 is 4.79 Å². The molecule has 0 amide bonds. The first kappa shape index (κ1) is 12.4. The molecule has 96 valence electrons. The molecule has 0 saturated carbocycles. The van der Waals surface area contributed by atoms with Gasteiger partial charge < -0.3 is 0 Å². The number of aryl methyl sites for hydroxylation is 1. The van der Waals surface area contributed by atoms with Crippen LogP contribution in [0.15, 0.2) is 30.3 Å². The minimum absolute atomic E-state index is 0.167. The maximum absolute atomic E-state index is 12.0. The fraction of sp³-hybridized carbons (Fsp3) is 0.250. The first-order valence-electron chi connectivity index (χ1n) is 6.45. The van der Waals surface area contributed by atoms with E-state index in [0.717, 1.165) is 40.2 Å². The Hall–Kier alpha value is -1.67. The standard InChI is InChI=1S/C16H14ClNO/c1-10-9-14(11-5-7-12(17)8-6-11)13-3-2-4-15(19)16(13)18-10/h5-9H,2-4H2,1H3. The van der Waals surface area contributed by atoms with Gasteiger partial charge in [-0.3, -0.25) is 4.79 Å². The lowest BCUT2D eigenvalue weighted by molar-refractivity contribution is 0.0967. The van der Waals surface area contributed by atoms with Gasteiger partial charge in [-0.15, -0.1) is 0 Å². The van der Waals surface area contributed by atoms with Crippen molar-refractivity contribution in [1.29, 1.82) is 0 Å². The molecule has 0 radical (unpaired) electrons. The van der Waals surface area contributed by atoms with Gasteiger partial charge in [0, 0.05) is 17.1 Å². The topological polar surface area (TPSA) is 30.0 Å². The lowest BCUT2D eigenvalue weighted by Crippen LogP contribution is -2.15. The number of hydrogen-bond donors (Lipinski definition) is 0. The summed E-state index contributed by atoms with van der Waals surface area (Å²) in [5.41, 5.74) is 4.85.